The summed E-state index contributed by atoms with van der Waals surface area (Å²) in [4.78, 5) is 12.3. The number of carbonyl (C=O) groups excluding carboxylic acids is 1. The van der Waals surface area contributed by atoms with Crippen molar-refractivity contribution in [3.05, 3.63) is 33.8 Å². The van der Waals surface area contributed by atoms with Crippen LogP contribution in [0.15, 0.2) is 22.7 Å². The highest BCUT2D eigenvalue weighted by atomic mass is 79.9. The zero-order valence-corrected chi connectivity index (χ0v) is 12.2. The van der Waals surface area contributed by atoms with E-state index in [4.69, 9.17) is 18.0 Å². The molecule has 1 aromatic carbocycles. The number of amides is 1. The molecule has 5 heteroatoms. The lowest BCUT2D eigenvalue weighted by atomic mass is 10.1. The van der Waals surface area contributed by atoms with Crippen LogP contribution in [0.25, 0.3) is 0 Å². The number of nitrogens with two attached hydrogens (primary N) is 1. The Balaban J connectivity index is 2.86. The van der Waals surface area contributed by atoms with E-state index in [1.54, 1.807) is 6.07 Å². The van der Waals surface area contributed by atoms with Crippen LogP contribution in [0.5, 0.6) is 0 Å². The van der Waals surface area contributed by atoms with Gasteiger partial charge in [-0.1, -0.05) is 25.2 Å². The Morgan fingerprint density at radius 2 is 2.24 bits per heavy atom. The van der Waals surface area contributed by atoms with Crippen molar-refractivity contribution in [2.45, 2.75) is 26.3 Å². The molecule has 17 heavy (non-hydrogen) atoms. The Bertz CT molecular complexity index is 448. The van der Waals surface area contributed by atoms with Gasteiger partial charge in [0.25, 0.3) is 5.91 Å². The molecule has 0 heterocycles. The fourth-order valence-electron chi connectivity index (χ4n) is 1.41. The molecule has 1 atom stereocenters. The van der Waals surface area contributed by atoms with Gasteiger partial charge in [0, 0.05) is 4.47 Å². The van der Waals surface area contributed by atoms with E-state index < -0.39 is 0 Å². The predicted octanol–water partition coefficient (Wildman–Crippen LogP) is 2.55. The van der Waals surface area contributed by atoms with E-state index in [1.165, 1.54) is 0 Å². The van der Waals surface area contributed by atoms with Crippen LogP contribution in [-0.2, 0) is 0 Å². The third-order valence-corrected chi connectivity index (χ3v) is 3.37. The average Bonchev–Trinajstić information content (AvgIpc) is 2.24. The quantitative estimate of drug-likeness (QED) is 0.840. The van der Waals surface area contributed by atoms with Crippen molar-refractivity contribution >= 4 is 39.0 Å². The smallest absolute Gasteiger partial charge is 0.252 e. The molecule has 0 bridgehead atoms. The minimum atomic E-state index is -0.259. The molecule has 0 aromatic heterocycles. The fraction of sp³-hybridized carbons (Fsp3) is 0.333. The fourth-order valence-corrected chi connectivity index (χ4v) is 2.31. The van der Waals surface area contributed by atoms with Crippen LogP contribution in [0.2, 0.25) is 0 Å². The monoisotopic (exact) mass is 314 g/mol. The van der Waals surface area contributed by atoms with Crippen molar-refractivity contribution in [2.75, 3.05) is 0 Å². The van der Waals surface area contributed by atoms with Gasteiger partial charge >= 0.3 is 0 Å². The Kier molecular flexibility index (Phi) is 5.08. The second-order valence-corrected chi connectivity index (χ2v) is 5.15. The molecule has 1 rings (SSSR count). The van der Waals surface area contributed by atoms with Crippen LogP contribution in [0.1, 0.15) is 29.3 Å². The van der Waals surface area contributed by atoms with Gasteiger partial charge in [0.2, 0.25) is 0 Å². The lowest BCUT2D eigenvalue weighted by Crippen LogP contribution is -2.43. The number of rotatable bonds is 4. The predicted molar refractivity (Wildman–Crippen MR) is 77.2 cm³/mol. The summed E-state index contributed by atoms with van der Waals surface area (Å²) in [5.74, 6) is -0.170. The van der Waals surface area contributed by atoms with E-state index in [2.05, 4.69) is 21.2 Å². The highest BCUT2D eigenvalue weighted by Crippen LogP contribution is 2.18. The Morgan fingerprint density at radius 1 is 1.59 bits per heavy atom. The minimum absolute atomic E-state index is 0.170. The summed E-state index contributed by atoms with van der Waals surface area (Å²) in [7, 11) is 0. The largest absolute Gasteiger partial charge is 0.392 e. The second-order valence-electron chi connectivity index (χ2n) is 3.82. The number of halogens is 1. The number of carbonyl (C=O) groups is 1. The Labute approximate surface area is 115 Å². The third-order valence-electron chi connectivity index (χ3n) is 2.43. The number of benzene rings is 1. The third kappa shape index (κ3) is 3.78. The molecule has 0 saturated heterocycles. The van der Waals surface area contributed by atoms with Gasteiger partial charge in [-0.3, -0.25) is 4.79 Å². The summed E-state index contributed by atoms with van der Waals surface area (Å²) in [5.41, 5.74) is 7.22. The maximum absolute atomic E-state index is 12.0. The molecule has 3 nitrogen and oxygen atoms in total. The minimum Gasteiger partial charge on any atom is -0.392 e. The van der Waals surface area contributed by atoms with Crippen LogP contribution >= 0.6 is 28.1 Å². The molecule has 0 fully saturated rings. The van der Waals surface area contributed by atoms with Gasteiger partial charge in [0.15, 0.2) is 0 Å². The molecule has 92 valence electrons. The molecular formula is C12H15BrN2OS. The lowest BCUT2D eigenvalue weighted by molar-refractivity contribution is 0.0945. The molecule has 0 aliphatic carbocycles. The van der Waals surface area contributed by atoms with Gasteiger partial charge in [-0.15, -0.1) is 0 Å². The van der Waals surface area contributed by atoms with Crippen LogP contribution in [-0.4, -0.2) is 16.9 Å². The second kappa shape index (κ2) is 6.12. The summed E-state index contributed by atoms with van der Waals surface area (Å²) in [6, 6.07) is 5.31. The molecule has 3 N–H and O–H groups in total. The summed E-state index contributed by atoms with van der Waals surface area (Å²) < 4.78 is 0.771. The molecule has 0 saturated carbocycles. The van der Waals surface area contributed by atoms with Gasteiger partial charge in [0.05, 0.1) is 16.6 Å². The van der Waals surface area contributed by atoms with E-state index in [-0.39, 0.29) is 11.9 Å². The maximum Gasteiger partial charge on any atom is 0.252 e. The van der Waals surface area contributed by atoms with E-state index in [1.807, 2.05) is 26.0 Å². The zero-order chi connectivity index (χ0) is 13.0. The standard InChI is InChI=1S/C12H15BrN2OS/c1-3-10(11(14)17)15-12(16)8-5-4-7(2)6-9(8)13/h4-6,10H,3H2,1-2H3,(H2,14,17)(H,15,16). The van der Waals surface area contributed by atoms with Gasteiger partial charge in [-0.2, -0.15) is 0 Å². The molecule has 0 radical (unpaired) electrons. The number of hydrogen-bond donors (Lipinski definition) is 2. The highest BCUT2D eigenvalue weighted by molar-refractivity contribution is 9.10. The SMILES string of the molecule is CCC(NC(=O)c1ccc(C)cc1Br)C(N)=S. The van der Waals surface area contributed by atoms with Crippen LogP contribution < -0.4 is 11.1 Å². The van der Waals surface area contributed by atoms with Gasteiger partial charge in [0.1, 0.15) is 0 Å². The first-order valence-corrected chi connectivity index (χ1v) is 6.52. The van der Waals surface area contributed by atoms with E-state index >= 15 is 0 Å². The van der Waals surface area contributed by atoms with E-state index in [0.29, 0.717) is 17.0 Å². The van der Waals surface area contributed by atoms with Crippen molar-refractivity contribution in [2.24, 2.45) is 5.73 Å². The first kappa shape index (κ1) is 14.1. The number of nitrogens with one attached hydrogen (secondary N) is 1. The summed E-state index contributed by atoms with van der Waals surface area (Å²) in [5, 5.41) is 2.81. The lowest BCUT2D eigenvalue weighted by Gasteiger charge is -2.16. The molecule has 1 aromatic rings. The van der Waals surface area contributed by atoms with Crippen molar-refractivity contribution < 1.29 is 4.79 Å². The van der Waals surface area contributed by atoms with Gasteiger partial charge in [-0.05, 0) is 47.0 Å². The Hall–Kier alpha value is -0.940. The Morgan fingerprint density at radius 3 is 2.71 bits per heavy atom. The van der Waals surface area contributed by atoms with Crippen molar-refractivity contribution in [3.63, 3.8) is 0 Å². The number of thiocarbonyl (C=S) groups is 1. The molecular weight excluding hydrogens is 300 g/mol. The van der Waals surface area contributed by atoms with Crippen molar-refractivity contribution in [3.8, 4) is 0 Å². The number of aryl methyl sites for hydroxylation is 1. The maximum atomic E-state index is 12.0. The van der Waals surface area contributed by atoms with Gasteiger partial charge in [-0.25, -0.2) is 0 Å². The van der Waals surface area contributed by atoms with Crippen molar-refractivity contribution in [1.82, 2.24) is 5.32 Å². The van der Waals surface area contributed by atoms with E-state index in [0.717, 1.165) is 10.0 Å². The highest BCUT2D eigenvalue weighted by Gasteiger charge is 2.16. The average molecular weight is 315 g/mol. The zero-order valence-electron chi connectivity index (χ0n) is 9.79. The summed E-state index contributed by atoms with van der Waals surface area (Å²) in [6.45, 7) is 3.89. The number of hydrogen-bond acceptors (Lipinski definition) is 2. The first-order valence-electron chi connectivity index (χ1n) is 5.32. The van der Waals surface area contributed by atoms with E-state index in [9.17, 15) is 4.79 Å². The molecule has 0 spiro atoms. The summed E-state index contributed by atoms with van der Waals surface area (Å²) in [6.07, 6.45) is 0.685. The van der Waals surface area contributed by atoms with Crippen LogP contribution in [0.3, 0.4) is 0 Å². The molecule has 1 amide bonds. The molecule has 0 aliphatic rings. The van der Waals surface area contributed by atoms with Crippen LogP contribution in [0.4, 0.5) is 0 Å². The van der Waals surface area contributed by atoms with Gasteiger partial charge < -0.3 is 11.1 Å². The molecule has 0 aliphatic heterocycles. The normalized spacial score (nSPS) is 11.9. The van der Waals surface area contributed by atoms with Crippen LogP contribution in [0, 0.1) is 6.92 Å². The summed E-state index contributed by atoms with van der Waals surface area (Å²) >= 11 is 8.26. The topological polar surface area (TPSA) is 55.1 Å². The molecule has 1 unspecified atom stereocenters. The van der Waals surface area contributed by atoms with Crippen molar-refractivity contribution in [1.29, 1.82) is 0 Å². The first-order chi connectivity index (χ1) is 7.95.